The highest BCUT2D eigenvalue weighted by Gasteiger charge is 2.29. The number of alkyl halides is 3. The lowest BCUT2D eigenvalue weighted by molar-refractivity contribution is -0.138. The minimum Gasteiger partial charge on any atom is -0.367 e. The van der Waals surface area contributed by atoms with Gasteiger partial charge in [-0.25, -0.2) is 0 Å². The van der Waals surface area contributed by atoms with E-state index < -0.39 is 12.6 Å². The van der Waals surface area contributed by atoms with Crippen LogP contribution < -0.4 is 10.2 Å². The number of amides is 1. The van der Waals surface area contributed by atoms with Crippen molar-refractivity contribution < 1.29 is 18.0 Å². The quantitative estimate of drug-likeness (QED) is 0.569. The predicted octanol–water partition coefficient (Wildman–Crippen LogP) is 5.26. The Balaban J connectivity index is 1.38. The second-order valence-corrected chi connectivity index (χ2v) is 9.43. The summed E-state index contributed by atoms with van der Waals surface area (Å²) in [7, 11) is 0. The molecular formula is C25H30ClF3N4O. The summed E-state index contributed by atoms with van der Waals surface area (Å²) in [5.74, 6) is -0.208. The number of likely N-dealkylation sites (tertiary alicyclic amines) is 1. The molecule has 2 heterocycles. The Morgan fingerprint density at radius 3 is 2.24 bits per heavy atom. The third-order valence-electron chi connectivity index (χ3n) is 6.45. The van der Waals surface area contributed by atoms with Crippen molar-refractivity contribution in [2.75, 3.05) is 56.0 Å². The van der Waals surface area contributed by atoms with E-state index in [1.54, 1.807) is 18.2 Å². The Morgan fingerprint density at radius 2 is 1.59 bits per heavy atom. The molecule has 0 aliphatic carbocycles. The van der Waals surface area contributed by atoms with Crippen LogP contribution in [0.1, 0.15) is 35.2 Å². The molecule has 0 radical (unpaired) electrons. The zero-order valence-electron chi connectivity index (χ0n) is 19.1. The van der Waals surface area contributed by atoms with Gasteiger partial charge in [0.25, 0.3) is 5.91 Å². The van der Waals surface area contributed by atoms with E-state index in [4.69, 9.17) is 11.6 Å². The fourth-order valence-corrected chi connectivity index (χ4v) is 4.69. The van der Waals surface area contributed by atoms with Gasteiger partial charge in [0.05, 0.1) is 17.8 Å². The lowest BCUT2D eigenvalue weighted by Gasteiger charge is -2.37. The second-order valence-electron chi connectivity index (χ2n) is 8.99. The first kappa shape index (κ1) is 24.8. The molecule has 1 amide bonds. The van der Waals surface area contributed by atoms with Crippen molar-refractivity contribution in [3.8, 4) is 0 Å². The van der Waals surface area contributed by atoms with Crippen molar-refractivity contribution in [1.29, 1.82) is 0 Å². The number of anilines is 2. The van der Waals surface area contributed by atoms with Crippen LogP contribution in [0.2, 0.25) is 5.02 Å². The van der Waals surface area contributed by atoms with E-state index in [1.165, 1.54) is 18.4 Å². The molecule has 2 saturated heterocycles. The highest BCUT2D eigenvalue weighted by molar-refractivity contribution is 6.31. The highest BCUT2D eigenvalue weighted by atomic mass is 35.5. The number of nitrogens with zero attached hydrogens (tertiary/aromatic N) is 3. The molecular weight excluding hydrogens is 465 g/mol. The number of benzene rings is 2. The van der Waals surface area contributed by atoms with Crippen LogP contribution in [-0.2, 0) is 6.54 Å². The van der Waals surface area contributed by atoms with Crippen LogP contribution in [0.4, 0.5) is 24.5 Å². The standard InChI is InChI=1S/C25H30ClF3N4O/c26-21-7-8-22(23(17-21)33-15-13-31(14-16-33)12-9-25(27,28)29)30-24(34)20-5-3-19(4-6-20)18-32-10-1-2-11-32/h3-8,17H,1-2,9-16,18H2,(H,30,34). The van der Waals surface area contributed by atoms with Crippen LogP contribution in [0.3, 0.4) is 0 Å². The molecule has 34 heavy (non-hydrogen) atoms. The van der Waals surface area contributed by atoms with Gasteiger partial charge in [-0.3, -0.25) is 14.6 Å². The van der Waals surface area contributed by atoms with E-state index >= 15 is 0 Å². The summed E-state index contributed by atoms with van der Waals surface area (Å²) in [5, 5.41) is 3.53. The fraction of sp³-hybridized carbons (Fsp3) is 0.480. The molecule has 0 bridgehead atoms. The first-order chi connectivity index (χ1) is 16.3. The molecule has 0 unspecified atom stereocenters. The number of piperazine rings is 1. The molecule has 0 atom stereocenters. The molecule has 2 aliphatic heterocycles. The molecule has 2 aromatic carbocycles. The molecule has 2 aromatic rings. The van der Waals surface area contributed by atoms with Gasteiger partial charge in [0, 0.05) is 49.9 Å². The highest BCUT2D eigenvalue weighted by Crippen LogP contribution is 2.31. The number of hydrogen-bond donors (Lipinski definition) is 1. The summed E-state index contributed by atoms with van der Waals surface area (Å²) in [6.07, 6.45) is -2.46. The van der Waals surface area contributed by atoms with Crippen molar-refractivity contribution in [3.05, 3.63) is 58.6 Å². The number of carbonyl (C=O) groups excluding carboxylic acids is 1. The molecule has 184 valence electrons. The zero-order valence-corrected chi connectivity index (χ0v) is 19.8. The Kier molecular flexibility index (Phi) is 8.01. The summed E-state index contributed by atoms with van der Waals surface area (Å²) >= 11 is 6.23. The van der Waals surface area contributed by atoms with Crippen LogP contribution >= 0.6 is 11.6 Å². The molecule has 0 spiro atoms. The number of nitrogens with one attached hydrogen (secondary N) is 1. The summed E-state index contributed by atoms with van der Waals surface area (Å²) in [5.41, 5.74) is 3.18. The van der Waals surface area contributed by atoms with Gasteiger partial charge < -0.3 is 10.2 Å². The van der Waals surface area contributed by atoms with Crippen molar-refractivity contribution in [2.45, 2.75) is 32.0 Å². The summed E-state index contributed by atoms with van der Waals surface area (Å²) in [4.78, 5) is 19.2. The first-order valence-corrected chi connectivity index (χ1v) is 12.1. The Bertz CT molecular complexity index is 969. The maximum atomic E-state index is 12.9. The maximum Gasteiger partial charge on any atom is 0.390 e. The Morgan fingerprint density at radius 1 is 0.912 bits per heavy atom. The second kappa shape index (κ2) is 11.0. The van der Waals surface area contributed by atoms with Gasteiger partial charge in [-0.1, -0.05) is 23.7 Å². The number of rotatable bonds is 7. The zero-order chi connectivity index (χ0) is 24.1. The van der Waals surface area contributed by atoms with Crippen LogP contribution in [0.15, 0.2) is 42.5 Å². The maximum absolute atomic E-state index is 12.9. The average Bonchev–Trinajstić information content (AvgIpc) is 3.32. The van der Waals surface area contributed by atoms with Crippen molar-refractivity contribution in [2.24, 2.45) is 0 Å². The Hall–Kier alpha value is -2.29. The summed E-state index contributed by atoms with van der Waals surface area (Å²) in [6.45, 7) is 5.32. The Labute approximate surface area is 203 Å². The first-order valence-electron chi connectivity index (χ1n) is 11.7. The normalized spacial score (nSPS) is 17.8. The van der Waals surface area contributed by atoms with Crippen molar-refractivity contribution in [1.82, 2.24) is 9.80 Å². The fourth-order valence-electron chi connectivity index (χ4n) is 4.52. The van der Waals surface area contributed by atoms with E-state index in [1.807, 2.05) is 29.2 Å². The van der Waals surface area contributed by atoms with Crippen molar-refractivity contribution in [3.63, 3.8) is 0 Å². The molecule has 2 aliphatic rings. The molecule has 0 aromatic heterocycles. The molecule has 4 rings (SSSR count). The SMILES string of the molecule is O=C(Nc1ccc(Cl)cc1N1CCN(CCC(F)(F)F)CC1)c1ccc(CN2CCCC2)cc1. The molecule has 0 saturated carbocycles. The van der Waals surface area contributed by atoms with Crippen LogP contribution in [0.25, 0.3) is 0 Å². The third kappa shape index (κ3) is 6.87. The van der Waals surface area contributed by atoms with Crippen LogP contribution in [0.5, 0.6) is 0 Å². The van der Waals surface area contributed by atoms with E-state index in [9.17, 15) is 18.0 Å². The van der Waals surface area contributed by atoms with E-state index in [2.05, 4.69) is 15.1 Å². The van der Waals surface area contributed by atoms with Crippen molar-refractivity contribution >= 4 is 28.9 Å². The van der Waals surface area contributed by atoms with E-state index in [-0.39, 0.29) is 12.5 Å². The van der Waals surface area contributed by atoms with Gasteiger partial charge in [0.15, 0.2) is 0 Å². The molecule has 5 nitrogen and oxygen atoms in total. The monoisotopic (exact) mass is 494 g/mol. The minimum absolute atomic E-state index is 0.00420. The third-order valence-corrected chi connectivity index (χ3v) is 6.69. The smallest absolute Gasteiger partial charge is 0.367 e. The topological polar surface area (TPSA) is 38.8 Å². The summed E-state index contributed by atoms with van der Waals surface area (Å²) in [6, 6.07) is 13.0. The largest absolute Gasteiger partial charge is 0.390 e. The summed E-state index contributed by atoms with van der Waals surface area (Å²) < 4.78 is 37.6. The number of carbonyl (C=O) groups is 1. The molecule has 9 heteroatoms. The van der Waals surface area contributed by atoms with Gasteiger partial charge in [-0.05, 0) is 61.8 Å². The number of hydrogen-bond acceptors (Lipinski definition) is 4. The average molecular weight is 495 g/mol. The van der Waals surface area contributed by atoms with Crippen LogP contribution in [-0.4, -0.2) is 67.7 Å². The molecule has 2 fully saturated rings. The van der Waals surface area contributed by atoms with Crippen LogP contribution in [0, 0.1) is 0 Å². The van der Waals surface area contributed by atoms with Gasteiger partial charge in [-0.15, -0.1) is 0 Å². The van der Waals surface area contributed by atoms with Gasteiger partial charge in [0.2, 0.25) is 0 Å². The van der Waals surface area contributed by atoms with E-state index in [0.29, 0.717) is 42.5 Å². The lowest BCUT2D eigenvalue weighted by Crippen LogP contribution is -2.47. The van der Waals surface area contributed by atoms with Gasteiger partial charge in [-0.2, -0.15) is 13.2 Å². The molecule has 1 N–H and O–H groups in total. The van der Waals surface area contributed by atoms with Gasteiger partial charge >= 0.3 is 6.18 Å². The predicted molar refractivity (Wildman–Crippen MR) is 130 cm³/mol. The number of halogens is 4. The van der Waals surface area contributed by atoms with E-state index in [0.717, 1.165) is 25.3 Å². The van der Waals surface area contributed by atoms with Gasteiger partial charge in [0.1, 0.15) is 0 Å². The minimum atomic E-state index is -4.14. The lowest BCUT2D eigenvalue weighted by atomic mass is 10.1.